The molecule has 0 spiro atoms. The van der Waals surface area contributed by atoms with Crippen LogP contribution in [0, 0.1) is 92.4 Å². The van der Waals surface area contributed by atoms with Crippen LogP contribution in [0.1, 0.15) is 0 Å². The fourth-order valence-corrected chi connectivity index (χ4v) is 0.642. The first kappa shape index (κ1) is 36.3. The minimum atomic E-state index is 0. The van der Waals surface area contributed by atoms with Gasteiger partial charge in [0.15, 0.2) is 0 Å². The van der Waals surface area contributed by atoms with Crippen molar-refractivity contribution >= 4 is 0 Å². The van der Waals surface area contributed by atoms with Gasteiger partial charge >= 0.3 is 42.1 Å². The van der Waals surface area contributed by atoms with Crippen molar-refractivity contribution in [3.8, 4) is 0 Å². The second-order valence-corrected chi connectivity index (χ2v) is 1.92. The van der Waals surface area contributed by atoms with Crippen LogP contribution in [0.3, 0.4) is 0 Å². The van der Waals surface area contributed by atoms with Gasteiger partial charge in [0.05, 0.1) is 0 Å². The first-order valence-electron chi connectivity index (χ1n) is 3.74. The SMILES string of the molecule is [C-]#[O+].[C-]#[O+].[CH3-].[CH3-].[CH]1[CH][CH][CH][CH]1.[CH]1[CH][CH][CH][CH]1.[Ru+2].[Ru]. The van der Waals surface area contributed by atoms with Crippen LogP contribution in [-0.4, -0.2) is 0 Å². The zero-order valence-corrected chi connectivity index (χ0v) is 13.8. The minimum absolute atomic E-state index is 0. The predicted octanol–water partition coefficient (Wildman–Crippen LogP) is 2.86. The van der Waals surface area contributed by atoms with Crippen molar-refractivity contribution in [2.45, 2.75) is 0 Å². The number of hydrogen-bond acceptors (Lipinski definition) is 0. The molecular weight excluding hydrogens is 402 g/mol. The van der Waals surface area contributed by atoms with Gasteiger partial charge in [0, 0.05) is 19.5 Å². The summed E-state index contributed by atoms with van der Waals surface area (Å²) in [5.74, 6) is 0. The maximum absolute atomic E-state index is 7.50. The molecule has 0 amide bonds. The second kappa shape index (κ2) is 43.1. The number of hydrogen-bond donors (Lipinski definition) is 0. The molecule has 10 radical (unpaired) electrons. The van der Waals surface area contributed by atoms with Crippen LogP contribution >= 0.6 is 0 Å². The molecule has 2 rings (SSSR count). The molecule has 100 valence electrons. The van der Waals surface area contributed by atoms with E-state index in [2.05, 4.69) is 13.3 Å². The molecule has 4 heteroatoms. The van der Waals surface area contributed by atoms with E-state index >= 15 is 0 Å². The summed E-state index contributed by atoms with van der Waals surface area (Å²) in [6, 6.07) is 0. The van der Waals surface area contributed by atoms with Crippen LogP contribution in [-0.2, 0) is 48.3 Å². The van der Waals surface area contributed by atoms with E-state index in [-0.39, 0.29) is 53.8 Å². The van der Waals surface area contributed by atoms with Gasteiger partial charge in [0.2, 0.25) is 0 Å². The van der Waals surface area contributed by atoms with Crippen molar-refractivity contribution in [1.29, 1.82) is 0 Å². The monoisotopic (exact) mass is 420 g/mol. The smallest absolute Gasteiger partial charge is 0.358 e. The summed E-state index contributed by atoms with van der Waals surface area (Å²) in [6.45, 7) is 9.00. The van der Waals surface area contributed by atoms with Crippen molar-refractivity contribution in [2.24, 2.45) is 0 Å². The molecule has 0 aromatic carbocycles. The fraction of sp³-hybridized carbons (Fsp3) is 0. The normalized spacial score (nSPS) is 13.6. The quantitative estimate of drug-likeness (QED) is 0.330. The molecule has 0 aliphatic heterocycles. The van der Waals surface area contributed by atoms with Crippen LogP contribution in [0.25, 0.3) is 0 Å². The van der Waals surface area contributed by atoms with Gasteiger partial charge in [-0.1, -0.05) is 0 Å². The van der Waals surface area contributed by atoms with Gasteiger partial charge in [-0.05, 0) is 64.2 Å². The zero-order chi connectivity index (χ0) is 11.1. The molecule has 0 atom stereocenters. The van der Waals surface area contributed by atoms with Crippen molar-refractivity contribution in [2.75, 3.05) is 0 Å². The van der Waals surface area contributed by atoms with E-state index in [9.17, 15) is 0 Å². The van der Waals surface area contributed by atoms with E-state index in [1.165, 1.54) is 0 Å². The second-order valence-electron chi connectivity index (χ2n) is 1.92. The third-order valence-corrected chi connectivity index (χ3v) is 1.11. The Kier molecular flexibility index (Phi) is 87.0. The molecule has 0 heterocycles. The zero-order valence-electron chi connectivity index (χ0n) is 10.3. The van der Waals surface area contributed by atoms with Crippen LogP contribution in [0.4, 0.5) is 0 Å². The van der Waals surface area contributed by atoms with Crippen molar-refractivity contribution in [1.82, 2.24) is 0 Å². The summed E-state index contributed by atoms with van der Waals surface area (Å²) < 4.78 is 15.0. The van der Waals surface area contributed by atoms with Gasteiger partial charge in [0.1, 0.15) is 0 Å². The molecule has 0 bridgehead atoms. The van der Waals surface area contributed by atoms with Crippen LogP contribution in [0.15, 0.2) is 0 Å². The summed E-state index contributed by atoms with van der Waals surface area (Å²) in [7, 11) is 0. The molecule has 2 saturated carbocycles. The molecule has 2 aliphatic carbocycles. The van der Waals surface area contributed by atoms with Crippen LogP contribution in [0.2, 0.25) is 0 Å². The summed E-state index contributed by atoms with van der Waals surface area (Å²) in [5, 5.41) is 0. The minimum Gasteiger partial charge on any atom is -0.358 e. The van der Waals surface area contributed by atoms with E-state index in [0.717, 1.165) is 0 Å². The molecule has 0 saturated heterocycles. The van der Waals surface area contributed by atoms with E-state index < -0.39 is 0 Å². The molecule has 18 heavy (non-hydrogen) atoms. The molecule has 0 unspecified atom stereocenters. The van der Waals surface area contributed by atoms with Gasteiger partial charge in [-0.2, -0.15) is 0 Å². The summed E-state index contributed by atoms with van der Waals surface area (Å²) >= 11 is 0. The fourth-order valence-electron chi connectivity index (χ4n) is 0.642. The molecule has 2 nitrogen and oxygen atoms in total. The van der Waals surface area contributed by atoms with Crippen molar-refractivity contribution in [3.63, 3.8) is 0 Å². The van der Waals surface area contributed by atoms with E-state index in [4.69, 9.17) is 9.30 Å². The van der Waals surface area contributed by atoms with Crippen LogP contribution < -0.4 is 0 Å². The molecule has 0 N–H and O–H groups in total. The van der Waals surface area contributed by atoms with Gasteiger partial charge < -0.3 is 14.9 Å². The molecule has 2 aliphatic rings. The predicted molar refractivity (Wildman–Crippen MR) is 63.7 cm³/mol. The average Bonchev–Trinajstić information content (AvgIpc) is 3.01. The molecule has 0 aromatic heterocycles. The summed E-state index contributed by atoms with van der Waals surface area (Å²) in [5.41, 5.74) is 0. The molecule has 0 aromatic rings. The first-order chi connectivity index (χ1) is 7.00. The Bertz CT molecular complexity index is 97.0. The average molecular weight is 418 g/mol. The first-order valence-corrected chi connectivity index (χ1v) is 3.74. The largest absolute Gasteiger partial charge is 2.00 e. The Morgan fingerprint density at radius 2 is 0.500 bits per heavy atom. The van der Waals surface area contributed by atoms with Crippen molar-refractivity contribution < 1.29 is 48.3 Å². The Balaban J connectivity index is -0.0000000268. The van der Waals surface area contributed by atoms with E-state index in [1.54, 1.807) is 0 Å². The van der Waals surface area contributed by atoms with E-state index in [0.29, 0.717) is 0 Å². The maximum Gasteiger partial charge on any atom is 2.00 e. The third-order valence-electron chi connectivity index (χ3n) is 1.11. The Morgan fingerprint density at radius 1 is 0.444 bits per heavy atom. The maximum atomic E-state index is 7.50. The Hall–Kier alpha value is 0.727. The van der Waals surface area contributed by atoms with Gasteiger partial charge in [-0.3, -0.25) is 0 Å². The Morgan fingerprint density at radius 3 is 0.556 bits per heavy atom. The molecular formula is C14H16O2Ru2. The summed E-state index contributed by atoms with van der Waals surface area (Å²) in [6.07, 6.45) is 20.0. The van der Waals surface area contributed by atoms with Gasteiger partial charge in [-0.25, -0.2) is 0 Å². The summed E-state index contributed by atoms with van der Waals surface area (Å²) in [4.78, 5) is 0. The Labute approximate surface area is 140 Å². The topological polar surface area (TPSA) is 39.8 Å². The van der Waals surface area contributed by atoms with Gasteiger partial charge in [0.25, 0.3) is 0 Å². The molecule has 2 fully saturated rings. The third kappa shape index (κ3) is 36.0. The standard InChI is InChI=1S/2C5H5.2CO.2CH3.2Ru/c2*1-2-4-5-3-1;2*1-2;;;;/h2*1-5H;;;2*1H3;;/q;;;;2*-1;;+2. The van der Waals surface area contributed by atoms with Crippen molar-refractivity contribution in [3.05, 3.63) is 92.4 Å². The van der Waals surface area contributed by atoms with E-state index in [1.807, 2.05) is 64.2 Å². The number of rotatable bonds is 0. The van der Waals surface area contributed by atoms with Crippen LogP contribution in [0.5, 0.6) is 0 Å². The van der Waals surface area contributed by atoms with Gasteiger partial charge in [-0.15, -0.1) is 0 Å².